The maximum atomic E-state index is 9.67. The average Bonchev–Trinajstić information content (AvgIpc) is 1.65. The van der Waals surface area contributed by atoms with Crippen molar-refractivity contribution in [3.63, 3.8) is 0 Å². The third-order valence-electron chi connectivity index (χ3n) is 0.482. The maximum absolute atomic E-state index is 9.67. The van der Waals surface area contributed by atoms with Crippen LogP contribution in [-0.2, 0) is 32.5 Å². The molecule has 0 fully saturated rings. The van der Waals surface area contributed by atoms with E-state index in [1.165, 1.54) is 0 Å². The molecule has 0 saturated carbocycles. The number of nitrogens with two attached hydrogens (primary N) is 1. The van der Waals surface area contributed by atoms with E-state index in [0.717, 1.165) is 0 Å². The Morgan fingerprint density at radius 2 is 2.22 bits per heavy atom. The standard InChI is InChI=1S/C3H7NO2Se.CH3.Hg/c4-2(1-7)3(5)6;;/h2,7H,1,4H2,(H,5,6);1H3;/q;-1;+2/p-1. The van der Waals surface area contributed by atoms with Gasteiger partial charge in [0.1, 0.15) is 0 Å². The first-order valence-corrected chi connectivity index (χ1v) is 2.94. The first kappa shape index (κ1) is 16.5. The molecule has 1 unspecified atom stereocenters. The van der Waals surface area contributed by atoms with Crippen molar-refractivity contribution in [3.05, 3.63) is 7.43 Å². The maximum Gasteiger partial charge on any atom is 2.00 e. The van der Waals surface area contributed by atoms with Gasteiger partial charge in [0.15, 0.2) is 0 Å². The van der Waals surface area contributed by atoms with Crippen LogP contribution < -0.4 is 10.8 Å². The van der Waals surface area contributed by atoms with Crippen molar-refractivity contribution in [2.24, 2.45) is 5.73 Å². The van der Waals surface area contributed by atoms with Gasteiger partial charge in [0.25, 0.3) is 0 Å². The Kier molecular flexibility index (Phi) is 16.3. The minimum Gasteiger partial charge on any atom is -0.358 e. The van der Waals surface area contributed by atoms with Gasteiger partial charge in [0, 0.05) is 0 Å². The molecule has 0 bridgehead atoms. The van der Waals surface area contributed by atoms with Gasteiger partial charge in [-0.05, 0) is 0 Å². The number of hydrogen-bond acceptors (Lipinski definition) is 3. The van der Waals surface area contributed by atoms with E-state index in [1.54, 1.807) is 0 Å². The van der Waals surface area contributed by atoms with Crippen LogP contribution in [0.15, 0.2) is 0 Å². The number of carboxylic acids is 1. The van der Waals surface area contributed by atoms with E-state index in [1.807, 2.05) is 0 Å². The molecule has 0 aromatic rings. The number of carbonyl (C=O) groups excluding carboxylic acids is 1. The fraction of sp³-hybridized carbons (Fsp3) is 0.500. The van der Waals surface area contributed by atoms with E-state index >= 15 is 0 Å². The van der Waals surface area contributed by atoms with Crippen LogP contribution in [-0.4, -0.2) is 28.0 Å². The molecular formula is C4H9HgNO2Se. The Morgan fingerprint density at radius 3 is 2.22 bits per heavy atom. The van der Waals surface area contributed by atoms with Crippen LogP contribution in [0.3, 0.4) is 0 Å². The molecule has 0 saturated heterocycles. The van der Waals surface area contributed by atoms with Crippen LogP contribution in [0.4, 0.5) is 0 Å². The largest absolute Gasteiger partial charge is 2.00 e. The third kappa shape index (κ3) is 8.88. The van der Waals surface area contributed by atoms with E-state index in [-0.39, 0.29) is 36.5 Å². The molecule has 0 radical (unpaired) electrons. The molecule has 0 spiro atoms. The van der Waals surface area contributed by atoms with Gasteiger partial charge < -0.3 is 7.43 Å². The van der Waals surface area contributed by atoms with Gasteiger partial charge in [-0.2, -0.15) is 0 Å². The topological polar surface area (TPSA) is 66.2 Å². The Hall–Kier alpha value is 0.885. The molecule has 1 atom stereocenters. The summed E-state index contributed by atoms with van der Waals surface area (Å²) in [6, 6.07) is -0.847. The van der Waals surface area contributed by atoms with Gasteiger partial charge in [-0.25, -0.2) is 0 Å². The summed E-state index contributed by atoms with van der Waals surface area (Å²) >= 11 is 2.48. The summed E-state index contributed by atoms with van der Waals surface area (Å²) in [5.74, 6) is -1.21. The summed E-state index contributed by atoms with van der Waals surface area (Å²) in [5.41, 5.74) is 4.92. The Balaban J connectivity index is -0.0000000600. The van der Waals surface area contributed by atoms with Gasteiger partial charge in [0.2, 0.25) is 0 Å². The normalized spacial score (nSPS) is 10.4. The molecule has 0 aliphatic carbocycles. The van der Waals surface area contributed by atoms with Crippen molar-refractivity contribution in [2.45, 2.75) is 11.4 Å². The Labute approximate surface area is 85.2 Å². The summed E-state index contributed by atoms with van der Waals surface area (Å²) in [6.45, 7) is 0. The minimum absolute atomic E-state index is 0. The van der Waals surface area contributed by atoms with Gasteiger partial charge in [0.05, 0.1) is 0 Å². The molecule has 0 amide bonds. The second-order valence-electron chi connectivity index (χ2n) is 1.09. The Bertz CT molecular complexity index is 85.7. The van der Waals surface area contributed by atoms with Crippen molar-refractivity contribution < 1.29 is 39.0 Å². The Morgan fingerprint density at radius 1 is 1.89 bits per heavy atom. The molecular weight excluding hydrogens is 374 g/mol. The first-order valence-electron chi connectivity index (χ1n) is 1.73. The summed E-state index contributed by atoms with van der Waals surface area (Å²) < 4.78 is 0. The summed E-state index contributed by atoms with van der Waals surface area (Å²) in [5, 5.41) is 9.98. The van der Waals surface area contributed by atoms with Gasteiger partial charge >= 0.3 is 78.1 Å². The zero-order valence-corrected chi connectivity index (χ0v) is 12.5. The molecule has 0 aromatic carbocycles. The number of rotatable bonds is 2. The minimum atomic E-state index is -1.21. The quantitative estimate of drug-likeness (QED) is 0.453. The molecule has 0 rings (SSSR count). The van der Waals surface area contributed by atoms with Crippen LogP contribution >= 0.6 is 0 Å². The molecule has 3 nitrogen and oxygen atoms in total. The molecule has 9 heavy (non-hydrogen) atoms. The molecule has 0 aromatic heterocycles. The van der Waals surface area contributed by atoms with Crippen LogP contribution in [0.5, 0.6) is 0 Å². The van der Waals surface area contributed by atoms with Crippen molar-refractivity contribution >= 4 is 22.0 Å². The van der Waals surface area contributed by atoms with Gasteiger partial charge in [-0.3, -0.25) is 0 Å². The van der Waals surface area contributed by atoms with Crippen LogP contribution in [0.25, 0.3) is 0 Å². The second-order valence-corrected chi connectivity index (χ2v) is 1.79. The zero-order chi connectivity index (χ0) is 5.86. The SMILES string of the molecule is NC(C[Se-])C(=O)[O-].[CH3-].[H+].[Hg+2]. The molecule has 5 heteroatoms. The fourth-order valence-electron chi connectivity index (χ4n) is 0.0680. The van der Waals surface area contributed by atoms with E-state index in [9.17, 15) is 9.90 Å². The van der Waals surface area contributed by atoms with Gasteiger partial charge in [-0.1, -0.05) is 0 Å². The molecule has 50 valence electrons. The molecule has 0 aliphatic rings. The summed E-state index contributed by atoms with van der Waals surface area (Å²) in [7, 11) is 0. The van der Waals surface area contributed by atoms with Crippen molar-refractivity contribution in [3.8, 4) is 0 Å². The molecule has 0 aliphatic heterocycles. The number of aliphatic carboxylic acids is 1. The monoisotopic (exact) mass is 385 g/mol. The predicted molar refractivity (Wildman–Crippen MR) is 31.1 cm³/mol. The first-order chi connectivity index (χ1) is 3.18. The third-order valence-corrected chi connectivity index (χ3v) is 1.24. The zero-order valence-electron chi connectivity index (χ0n) is 6.29. The molecule has 2 N–H and O–H groups in total. The number of carbonyl (C=O) groups is 1. The second kappa shape index (κ2) is 8.88. The van der Waals surface area contributed by atoms with Crippen molar-refractivity contribution in [1.29, 1.82) is 0 Å². The van der Waals surface area contributed by atoms with E-state index in [0.29, 0.717) is 5.32 Å². The van der Waals surface area contributed by atoms with Crippen LogP contribution in [0, 0.1) is 7.43 Å². The number of hydrogen-bond donors (Lipinski definition) is 1. The van der Waals surface area contributed by atoms with E-state index in [4.69, 9.17) is 5.73 Å². The van der Waals surface area contributed by atoms with Crippen LogP contribution in [0.2, 0.25) is 5.32 Å². The molecule has 0 heterocycles. The average molecular weight is 383 g/mol. The fourth-order valence-corrected chi connectivity index (χ4v) is 0.354. The summed E-state index contributed by atoms with van der Waals surface area (Å²) in [4.78, 5) is 9.67. The van der Waals surface area contributed by atoms with E-state index < -0.39 is 12.0 Å². The van der Waals surface area contributed by atoms with Crippen molar-refractivity contribution in [1.82, 2.24) is 0 Å². The van der Waals surface area contributed by atoms with Crippen molar-refractivity contribution in [2.75, 3.05) is 0 Å². The summed E-state index contributed by atoms with van der Waals surface area (Å²) in [6.07, 6.45) is 0. The van der Waals surface area contributed by atoms with E-state index in [2.05, 4.69) is 16.0 Å². The van der Waals surface area contributed by atoms with Crippen LogP contribution in [0.1, 0.15) is 1.43 Å². The smallest absolute Gasteiger partial charge is 0.358 e. The van der Waals surface area contributed by atoms with Gasteiger partial charge in [-0.15, -0.1) is 0 Å². The predicted octanol–water partition coefficient (Wildman–Crippen LogP) is -1.79. The number of carboxylic acid groups (broad SMARTS) is 1.